The summed E-state index contributed by atoms with van der Waals surface area (Å²) in [5.74, 6) is 0.777. The normalized spacial score (nSPS) is 25.4. The van der Waals surface area contributed by atoms with Crippen molar-refractivity contribution in [3.63, 3.8) is 0 Å². The summed E-state index contributed by atoms with van der Waals surface area (Å²) >= 11 is 0. The van der Waals surface area contributed by atoms with Gasteiger partial charge in [-0.3, -0.25) is 0 Å². The fraction of sp³-hybridized carbons (Fsp3) is 1.00. The van der Waals surface area contributed by atoms with Gasteiger partial charge < -0.3 is 10.1 Å². The van der Waals surface area contributed by atoms with Gasteiger partial charge in [-0.15, -0.1) is 0 Å². The molecule has 1 fully saturated rings. The molecule has 0 radical (unpaired) electrons. The van der Waals surface area contributed by atoms with Gasteiger partial charge in [0, 0.05) is 12.6 Å². The van der Waals surface area contributed by atoms with E-state index in [1.54, 1.807) is 0 Å². The molecule has 0 aromatic rings. The summed E-state index contributed by atoms with van der Waals surface area (Å²) in [6.45, 7) is 5.53. The van der Waals surface area contributed by atoms with Crippen LogP contribution in [0.15, 0.2) is 0 Å². The fourth-order valence-electron chi connectivity index (χ4n) is 2.05. The van der Waals surface area contributed by atoms with E-state index in [0.717, 1.165) is 12.5 Å². The van der Waals surface area contributed by atoms with E-state index in [4.69, 9.17) is 4.74 Å². The van der Waals surface area contributed by atoms with Crippen molar-refractivity contribution in [2.24, 2.45) is 5.92 Å². The van der Waals surface area contributed by atoms with Gasteiger partial charge in [0.2, 0.25) is 0 Å². The zero-order valence-corrected chi connectivity index (χ0v) is 9.18. The monoisotopic (exact) mass is 185 g/mol. The van der Waals surface area contributed by atoms with Crippen LogP contribution in [-0.4, -0.2) is 25.8 Å². The van der Waals surface area contributed by atoms with Crippen molar-refractivity contribution in [3.05, 3.63) is 0 Å². The first kappa shape index (κ1) is 11.0. The van der Waals surface area contributed by atoms with Gasteiger partial charge in [-0.25, -0.2) is 0 Å². The van der Waals surface area contributed by atoms with Crippen LogP contribution in [0, 0.1) is 5.92 Å². The highest BCUT2D eigenvalue weighted by Gasteiger charge is 2.20. The highest BCUT2D eigenvalue weighted by atomic mass is 16.5. The molecule has 0 spiro atoms. The Balaban J connectivity index is 2.21. The Morgan fingerprint density at radius 1 is 1.46 bits per heavy atom. The highest BCUT2D eigenvalue weighted by molar-refractivity contribution is 4.74. The van der Waals surface area contributed by atoms with Crippen molar-refractivity contribution < 1.29 is 4.74 Å². The molecule has 1 N–H and O–H groups in total. The summed E-state index contributed by atoms with van der Waals surface area (Å²) in [7, 11) is 2.06. The third-order valence-corrected chi connectivity index (χ3v) is 2.74. The van der Waals surface area contributed by atoms with Crippen molar-refractivity contribution in [1.29, 1.82) is 0 Å². The van der Waals surface area contributed by atoms with Gasteiger partial charge in [-0.05, 0) is 38.6 Å². The molecule has 2 heteroatoms. The standard InChI is InChI=1S/C11H23NO/c1-9(2)7-10(12-3)8-11-5-4-6-13-11/h9-12H,4-8H2,1-3H3. The number of ether oxygens (including phenoxy) is 1. The lowest BCUT2D eigenvalue weighted by Gasteiger charge is -2.21. The second-order valence-electron chi connectivity index (χ2n) is 4.49. The Morgan fingerprint density at radius 2 is 2.23 bits per heavy atom. The second kappa shape index (κ2) is 5.61. The summed E-state index contributed by atoms with van der Waals surface area (Å²) in [5.41, 5.74) is 0. The molecule has 0 amide bonds. The quantitative estimate of drug-likeness (QED) is 0.709. The molecule has 0 bridgehead atoms. The maximum atomic E-state index is 5.63. The van der Waals surface area contributed by atoms with E-state index < -0.39 is 0 Å². The third-order valence-electron chi connectivity index (χ3n) is 2.74. The van der Waals surface area contributed by atoms with Gasteiger partial charge >= 0.3 is 0 Å². The van der Waals surface area contributed by atoms with Gasteiger partial charge in [0.1, 0.15) is 0 Å². The summed E-state index contributed by atoms with van der Waals surface area (Å²) < 4.78 is 5.63. The lowest BCUT2D eigenvalue weighted by atomic mass is 9.98. The van der Waals surface area contributed by atoms with E-state index in [0.29, 0.717) is 12.1 Å². The molecule has 1 rings (SSSR count). The van der Waals surface area contributed by atoms with Gasteiger partial charge in [0.05, 0.1) is 6.10 Å². The molecular formula is C11H23NO. The molecule has 13 heavy (non-hydrogen) atoms. The summed E-state index contributed by atoms with van der Waals surface area (Å²) in [6.07, 6.45) is 5.49. The van der Waals surface area contributed by atoms with E-state index in [1.807, 2.05) is 0 Å². The predicted octanol–water partition coefficient (Wildman–Crippen LogP) is 2.19. The van der Waals surface area contributed by atoms with Gasteiger partial charge in [0.25, 0.3) is 0 Å². The summed E-state index contributed by atoms with van der Waals surface area (Å²) in [6, 6.07) is 0.642. The molecule has 1 saturated heterocycles. The van der Waals surface area contributed by atoms with E-state index >= 15 is 0 Å². The van der Waals surface area contributed by atoms with E-state index in [1.165, 1.54) is 25.7 Å². The SMILES string of the molecule is CNC(CC(C)C)CC1CCCO1. The first-order chi connectivity index (χ1) is 6.22. The molecule has 2 nitrogen and oxygen atoms in total. The lowest BCUT2D eigenvalue weighted by molar-refractivity contribution is 0.0930. The maximum Gasteiger partial charge on any atom is 0.0590 e. The van der Waals surface area contributed by atoms with Crippen LogP contribution < -0.4 is 5.32 Å². The van der Waals surface area contributed by atoms with Crippen LogP contribution >= 0.6 is 0 Å². The Morgan fingerprint density at radius 3 is 2.69 bits per heavy atom. The topological polar surface area (TPSA) is 21.3 Å². The van der Waals surface area contributed by atoms with Gasteiger partial charge in [0.15, 0.2) is 0 Å². The van der Waals surface area contributed by atoms with Gasteiger partial charge in [-0.1, -0.05) is 13.8 Å². The van der Waals surface area contributed by atoms with Crippen LogP contribution in [-0.2, 0) is 4.74 Å². The number of nitrogens with one attached hydrogen (secondary N) is 1. The molecule has 1 aliphatic rings. The molecule has 1 aliphatic heterocycles. The molecule has 0 aliphatic carbocycles. The van der Waals surface area contributed by atoms with Crippen molar-refractivity contribution in [2.45, 2.75) is 51.7 Å². The van der Waals surface area contributed by atoms with Crippen molar-refractivity contribution in [1.82, 2.24) is 5.32 Å². The molecular weight excluding hydrogens is 162 g/mol. The largest absolute Gasteiger partial charge is 0.378 e. The van der Waals surface area contributed by atoms with Crippen molar-refractivity contribution in [3.8, 4) is 0 Å². The minimum atomic E-state index is 0.524. The van der Waals surface area contributed by atoms with Crippen LogP contribution in [0.4, 0.5) is 0 Å². The smallest absolute Gasteiger partial charge is 0.0590 e. The first-order valence-electron chi connectivity index (χ1n) is 5.51. The first-order valence-corrected chi connectivity index (χ1v) is 5.51. The Labute approximate surface area is 82.0 Å². The molecule has 78 valence electrons. The summed E-state index contributed by atoms with van der Waals surface area (Å²) in [5, 5.41) is 3.38. The molecule has 0 saturated carbocycles. The molecule has 0 aromatic heterocycles. The predicted molar refractivity (Wildman–Crippen MR) is 55.9 cm³/mol. The Kier molecular flexibility index (Phi) is 4.74. The van der Waals surface area contributed by atoms with Crippen LogP contribution in [0.5, 0.6) is 0 Å². The highest BCUT2D eigenvalue weighted by Crippen LogP contribution is 2.19. The van der Waals surface area contributed by atoms with Crippen molar-refractivity contribution in [2.75, 3.05) is 13.7 Å². The average Bonchev–Trinajstić information content (AvgIpc) is 2.55. The average molecular weight is 185 g/mol. The van der Waals surface area contributed by atoms with Crippen LogP contribution in [0.2, 0.25) is 0 Å². The Bertz CT molecular complexity index is 130. The molecule has 2 unspecified atom stereocenters. The van der Waals surface area contributed by atoms with Crippen molar-refractivity contribution >= 4 is 0 Å². The Hall–Kier alpha value is -0.0800. The molecule has 1 heterocycles. The second-order valence-corrected chi connectivity index (χ2v) is 4.49. The minimum absolute atomic E-state index is 0.524. The van der Waals surface area contributed by atoms with Crippen LogP contribution in [0.3, 0.4) is 0 Å². The van der Waals surface area contributed by atoms with E-state index in [-0.39, 0.29) is 0 Å². The number of rotatable bonds is 5. The lowest BCUT2D eigenvalue weighted by Crippen LogP contribution is -2.30. The molecule has 0 aromatic carbocycles. The molecule has 2 atom stereocenters. The number of hydrogen-bond donors (Lipinski definition) is 1. The van der Waals surface area contributed by atoms with E-state index in [2.05, 4.69) is 26.2 Å². The third kappa shape index (κ3) is 4.10. The maximum absolute atomic E-state index is 5.63. The zero-order valence-electron chi connectivity index (χ0n) is 9.18. The fourth-order valence-corrected chi connectivity index (χ4v) is 2.05. The minimum Gasteiger partial charge on any atom is -0.378 e. The zero-order chi connectivity index (χ0) is 9.68. The van der Waals surface area contributed by atoms with Crippen LogP contribution in [0.1, 0.15) is 39.5 Å². The van der Waals surface area contributed by atoms with Gasteiger partial charge in [-0.2, -0.15) is 0 Å². The number of hydrogen-bond acceptors (Lipinski definition) is 2. The van der Waals surface area contributed by atoms with Crippen LogP contribution in [0.25, 0.3) is 0 Å². The summed E-state index contributed by atoms with van der Waals surface area (Å²) in [4.78, 5) is 0. The van der Waals surface area contributed by atoms with E-state index in [9.17, 15) is 0 Å².